The number of amides is 1. The predicted molar refractivity (Wildman–Crippen MR) is 105 cm³/mol. The molecule has 1 heterocycles. The van der Waals surface area contributed by atoms with Gasteiger partial charge in [0.15, 0.2) is 5.11 Å². The fourth-order valence-corrected chi connectivity index (χ4v) is 3.14. The van der Waals surface area contributed by atoms with E-state index in [1.807, 2.05) is 41.3 Å². The first kappa shape index (κ1) is 17.4. The molecule has 0 unspecified atom stereocenters. The Labute approximate surface area is 154 Å². The van der Waals surface area contributed by atoms with Gasteiger partial charge in [-0.05, 0) is 48.8 Å². The third-order valence-corrected chi connectivity index (χ3v) is 4.65. The van der Waals surface area contributed by atoms with E-state index in [2.05, 4.69) is 29.7 Å². The normalized spacial score (nSPS) is 13.8. The van der Waals surface area contributed by atoms with Gasteiger partial charge in [0.05, 0.1) is 0 Å². The second-order valence-electron chi connectivity index (χ2n) is 6.36. The van der Waals surface area contributed by atoms with Crippen LogP contribution in [0.4, 0.5) is 5.69 Å². The summed E-state index contributed by atoms with van der Waals surface area (Å²) in [5.41, 5.74) is 4.52. The number of aryl methyl sites for hydroxylation is 1. The topological polar surface area (TPSA) is 44.4 Å². The van der Waals surface area contributed by atoms with Gasteiger partial charge in [0, 0.05) is 31.7 Å². The summed E-state index contributed by atoms with van der Waals surface area (Å²) < 4.78 is 0. The number of rotatable bonds is 5. The first-order valence-corrected chi connectivity index (χ1v) is 8.99. The standard InChI is InChI=1S/C20H23N3OS/c1-15-8-10-18(11-9-15)22-20(25)21-13-16-5-2-3-6-17(16)14-23-12-4-7-19(23)24/h2-3,5-6,8-11H,4,7,12-14H2,1H3,(H2,21,22,25). The minimum absolute atomic E-state index is 0.249. The molecule has 0 saturated carbocycles. The van der Waals surface area contributed by atoms with Gasteiger partial charge < -0.3 is 15.5 Å². The minimum atomic E-state index is 0.249. The van der Waals surface area contributed by atoms with Crippen LogP contribution in [0.5, 0.6) is 0 Å². The number of hydrogen-bond acceptors (Lipinski definition) is 2. The third kappa shape index (κ3) is 4.79. The van der Waals surface area contributed by atoms with Crippen LogP contribution in [-0.2, 0) is 17.9 Å². The molecule has 0 bridgehead atoms. The largest absolute Gasteiger partial charge is 0.358 e. The highest BCUT2D eigenvalue weighted by Crippen LogP contribution is 2.17. The maximum Gasteiger partial charge on any atom is 0.222 e. The van der Waals surface area contributed by atoms with E-state index in [0.29, 0.717) is 24.6 Å². The molecule has 2 N–H and O–H groups in total. The first-order chi connectivity index (χ1) is 12.1. The number of benzene rings is 2. The van der Waals surface area contributed by atoms with Crippen LogP contribution in [0.25, 0.3) is 0 Å². The van der Waals surface area contributed by atoms with Crippen molar-refractivity contribution in [3.05, 3.63) is 65.2 Å². The van der Waals surface area contributed by atoms with E-state index in [1.165, 1.54) is 11.1 Å². The number of carbonyl (C=O) groups is 1. The number of nitrogens with one attached hydrogen (secondary N) is 2. The summed E-state index contributed by atoms with van der Waals surface area (Å²) in [7, 11) is 0. The molecule has 3 rings (SSSR count). The Balaban J connectivity index is 1.58. The van der Waals surface area contributed by atoms with Gasteiger partial charge in [-0.3, -0.25) is 4.79 Å². The SMILES string of the molecule is Cc1ccc(NC(=S)NCc2ccccc2CN2CCCC2=O)cc1. The molecule has 130 valence electrons. The molecule has 0 aromatic heterocycles. The van der Waals surface area contributed by atoms with Crippen LogP contribution in [-0.4, -0.2) is 22.5 Å². The molecule has 0 atom stereocenters. The van der Waals surface area contributed by atoms with E-state index in [-0.39, 0.29) is 5.91 Å². The molecule has 2 aromatic carbocycles. The van der Waals surface area contributed by atoms with Gasteiger partial charge in [-0.1, -0.05) is 42.0 Å². The van der Waals surface area contributed by atoms with Crippen molar-refractivity contribution in [2.45, 2.75) is 32.9 Å². The van der Waals surface area contributed by atoms with E-state index in [4.69, 9.17) is 12.2 Å². The molecule has 0 aliphatic carbocycles. The maximum absolute atomic E-state index is 11.9. The van der Waals surface area contributed by atoms with Crippen molar-refractivity contribution in [3.63, 3.8) is 0 Å². The van der Waals surface area contributed by atoms with Crippen molar-refractivity contribution in [2.24, 2.45) is 0 Å². The van der Waals surface area contributed by atoms with Gasteiger partial charge in [-0.2, -0.15) is 0 Å². The van der Waals surface area contributed by atoms with Crippen molar-refractivity contribution < 1.29 is 4.79 Å². The molecule has 1 fully saturated rings. The van der Waals surface area contributed by atoms with Gasteiger partial charge in [-0.15, -0.1) is 0 Å². The molecule has 1 saturated heterocycles. The average molecular weight is 353 g/mol. The Morgan fingerprint density at radius 2 is 1.84 bits per heavy atom. The second kappa shape index (κ2) is 8.12. The molecule has 1 aliphatic rings. The van der Waals surface area contributed by atoms with Gasteiger partial charge in [-0.25, -0.2) is 0 Å². The lowest BCUT2D eigenvalue weighted by Gasteiger charge is -2.19. The molecule has 5 heteroatoms. The van der Waals surface area contributed by atoms with Crippen molar-refractivity contribution in [3.8, 4) is 0 Å². The summed E-state index contributed by atoms with van der Waals surface area (Å²) in [6, 6.07) is 16.3. The Morgan fingerprint density at radius 3 is 2.52 bits per heavy atom. The summed E-state index contributed by atoms with van der Waals surface area (Å²) in [6.45, 7) is 4.22. The van der Waals surface area contributed by atoms with Crippen molar-refractivity contribution in [2.75, 3.05) is 11.9 Å². The molecule has 0 radical (unpaired) electrons. The van der Waals surface area contributed by atoms with Crippen molar-refractivity contribution in [1.29, 1.82) is 0 Å². The van der Waals surface area contributed by atoms with E-state index < -0.39 is 0 Å². The summed E-state index contributed by atoms with van der Waals surface area (Å²) >= 11 is 5.39. The summed E-state index contributed by atoms with van der Waals surface area (Å²) in [4.78, 5) is 13.8. The number of thiocarbonyl (C=S) groups is 1. The fraction of sp³-hybridized carbons (Fsp3) is 0.300. The predicted octanol–water partition coefficient (Wildman–Crippen LogP) is 3.60. The zero-order valence-corrected chi connectivity index (χ0v) is 15.2. The molecule has 1 amide bonds. The second-order valence-corrected chi connectivity index (χ2v) is 6.77. The Bertz CT molecular complexity index is 758. The quantitative estimate of drug-likeness (QED) is 0.806. The summed E-state index contributed by atoms with van der Waals surface area (Å²) in [6.07, 6.45) is 1.63. The van der Waals surface area contributed by atoms with Gasteiger partial charge >= 0.3 is 0 Å². The summed E-state index contributed by atoms with van der Waals surface area (Å²) in [5, 5.41) is 7.04. The zero-order valence-electron chi connectivity index (χ0n) is 14.4. The van der Waals surface area contributed by atoms with Crippen molar-refractivity contribution >= 4 is 28.9 Å². The fourth-order valence-electron chi connectivity index (χ4n) is 2.95. The van der Waals surface area contributed by atoms with E-state index in [0.717, 1.165) is 24.2 Å². The highest BCUT2D eigenvalue weighted by Gasteiger charge is 2.20. The number of anilines is 1. The molecule has 2 aromatic rings. The number of carbonyl (C=O) groups excluding carboxylic acids is 1. The molecule has 25 heavy (non-hydrogen) atoms. The van der Waals surface area contributed by atoms with E-state index >= 15 is 0 Å². The van der Waals surface area contributed by atoms with Crippen LogP contribution in [0, 0.1) is 6.92 Å². The number of likely N-dealkylation sites (tertiary alicyclic amines) is 1. The minimum Gasteiger partial charge on any atom is -0.358 e. The molecule has 1 aliphatic heterocycles. The Morgan fingerprint density at radius 1 is 1.12 bits per heavy atom. The lowest BCUT2D eigenvalue weighted by atomic mass is 10.1. The Kier molecular flexibility index (Phi) is 5.66. The van der Waals surface area contributed by atoms with E-state index in [1.54, 1.807) is 0 Å². The first-order valence-electron chi connectivity index (χ1n) is 8.58. The smallest absolute Gasteiger partial charge is 0.222 e. The number of nitrogens with zero attached hydrogens (tertiary/aromatic N) is 1. The van der Waals surface area contributed by atoms with E-state index in [9.17, 15) is 4.79 Å². The highest BCUT2D eigenvalue weighted by molar-refractivity contribution is 7.80. The zero-order chi connectivity index (χ0) is 17.6. The Hall–Kier alpha value is -2.40. The van der Waals surface area contributed by atoms with Crippen molar-refractivity contribution in [1.82, 2.24) is 10.2 Å². The van der Waals surface area contributed by atoms with Crippen LogP contribution in [0.1, 0.15) is 29.5 Å². The van der Waals surface area contributed by atoms with Crippen LogP contribution in [0.15, 0.2) is 48.5 Å². The van der Waals surface area contributed by atoms with Crippen LogP contribution >= 0.6 is 12.2 Å². The van der Waals surface area contributed by atoms with Gasteiger partial charge in [0.25, 0.3) is 0 Å². The lowest BCUT2D eigenvalue weighted by Crippen LogP contribution is -2.29. The molecule has 0 spiro atoms. The van der Waals surface area contributed by atoms with Crippen LogP contribution < -0.4 is 10.6 Å². The van der Waals surface area contributed by atoms with Gasteiger partial charge in [0.1, 0.15) is 0 Å². The maximum atomic E-state index is 11.9. The van der Waals surface area contributed by atoms with Gasteiger partial charge in [0.2, 0.25) is 5.91 Å². The lowest BCUT2D eigenvalue weighted by molar-refractivity contribution is -0.128. The monoisotopic (exact) mass is 353 g/mol. The molecule has 4 nitrogen and oxygen atoms in total. The van der Waals surface area contributed by atoms with Crippen LogP contribution in [0.2, 0.25) is 0 Å². The molecular weight excluding hydrogens is 330 g/mol. The number of hydrogen-bond donors (Lipinski definition) is 2. The molecular formula is C20H23N3OS. The average Bonchev–Trinajstić information content (AvgIpc) is 3.01. The highest BCUT2D eigenvalue weighted by atomic mass is 32.1. The summed E-state index contributed by atoms with van der Waals surface area (Å²) in [5.74, 6) is 0.249. The van der Waals surface area contributed by atoms with Crippen LogP contribution in [0.3, 0.4) is 0 Å². The third-order valence-electron chi connectivity index (χ3n) is 4.40.